The van der Waals surface area contributed by atoms with E-state index in [9.17, 15) is 4.79 Å². The van der Waals surface area contributed by atoms with Crippen LogP contribution in [0.5, 0.6) is 0 Å². The predicted octanol–water partition coefficient (Wildman–Crippen LogP) is 2.75. The lowest BCUT2D eigenvalue weighted by Crippen LogP contribution is -2.40. The largest absolute Gasteiger partial charge is 0.338 e. The first-order chi connectivity index (χ1) is 11.3. The van der Waals surface area contributed by atoms with Gasteiger partial charge in [-0.25, -0.2) is 9.97 Å². The molecular formula is C17H20N4OS. The van der Waals surface area contributed by atoms with Crippen molar-refractivity contribution in [3.63, 3.8) is 0 Å². The number of hydrogen-bond donors (Lipinski definition) is 0. The fourth-order valence-corrected chi connectivity index (χ4v) is 3.63. The molecule has 1 fully saturated rings. The number of nitrogens with zero attached hydrogens (tertiary/aromatic N) is 4. The van der Waals surface area contributed by atoms with E-state index in [1.807, 2.05) is 28.8 Å². The van der Waals surface area contributed by atoms with Gasteiger partial charge in [-0.1, -0.05) is 0 Å². The summed E-state index contributed by atoms with van der Waals surface area (Å²) in [7, 11) is 0. The Hall–Kier alpha value is -1.95. The predicted molar refractivity (Wildman–Crippen MR) is 92.3 cm³/mol. The van der Waals surface area contributed by atoms with Gasteiger partial charge in [-0.15, -0.1) is 0 Å². The van der Waals surface area contributed by atoms with Gasteiger partial charge in [0, 0.05) is 43.4 Å². The maximum absolute atomic E-state index is 12.6. The normalized spacial score (nSPS) is 18.0. The Kier molecular flexibility index (Phi) is 5.23. The minimum Gasteiger partial charge on any atom is -0.338 e. The molecule has 1 atom stereocenters. The number of aromatic nitrogens is 3. The fraction of sp³-hybridized carbons (Fsp3) is 0.412. The third-order valence-electron chi connectivity index (χ3n) is 4.03. The van der Waals surface area contributed by atoms with Gasteiger partial charge in [-0.3, -0.25) is 9.78 Å². The molecule has 1 saturated heterocycles. The van der Waals surface area contributed by atoms with E-state index in [2.05, 4.69) is 21.2 Å². The molecule has 5 nitrogen and oxygen atoms in total. The molecule has 1 amide bonds. The van der Waals surface area contributed by atoms with Crippen LogP contribution in [-0.4, -0.2) is 50.9 Å². The molecule has 3 heterocycles. The first-order valence-corrected chi connectivity index (χ1v) is 9.18. The molecule has 120 valence electrons. The van der Waals surface area contributed by atoms with Gasteiger partial charge >= 0.3 is 0 Å². The molecule has 1 aliphatic rings. The highest BCUT2D eigenvalue weighted by Crippen LogP contribution is 2.21. The highest BCUT2D eigenvalue weighted by Gasteiger charge is 2.24. The monoisotopic (exact) mass is 328 g/mol. The maximum atomic E-state index is 12.6. The summed E-state index contributed by atoms with van der Waals surface area (Å²) in [6.45, 7) is 1.66. The number of likely N-dealkylation sites (tertiary alicyclic amines) is 1. The van der Waals surface area contributed by atoms with Crippen LogP contribution in [0.4, 0.5) is 0 Å². The molecule has 0 aliphatic carbocycles. The van der Waals surface area contributed by atoms with Crippen LogP contribution in [0.2, 0.25) is 0 Å². The quantitative estimate of drug-likeness (QED) is 0.864. The molecule has 1 unspecified atom stereocenters. The van der Waals surface area contributed by atoms with E-state index in [-0.39, 0.29) is 5.91 Å². The molecular weight excluding hydrogens is 308 g/mol. The molecule has 0 spiro atoms. The van der Waals surface area contributed by atoms with Gasteiger partial charge in [0.2, 0.25) is 0 Å². The van der Waals surface area contributed by atoms with Crippen molar-refractivity contribution in [1.29, 1.82) is 0 Å². The van der Waals surface area contributed by atoms with Crippen LogP contribution in [0.3, 0.4) is 0 Å². The summed E-state index contributed by atoms with van der Waals surface area (Å²) < 4.78 is 0. The first-order valence-electron chi connectivity index (χ1n) is 7.78. The molecule has 2 aromatic heterocycles. The zero-order chi connectivity index (χ0) is 16.1. The van der Waals surface area contributed by atoms with E-state index >= 15 is 0 Å². The number of carbonyl (C=O) groups excluding carboxylic acids is 1. The van der Waals surface area contributed by atoms with E-state index in [1.165, 1.54) is 6.42 Å². The summed E-state index contributed by atoms with van der Waals surface area (Å²) in [4.78, 5) is 27.3. The summed E-state index contributed by atoms with van der Waals surface area (Å²) >= 11 is 1.85. The minimum absolute atomic E-state index is 0.0357. The van der Waals surface area contributed by atoms with E-state index in [4.69, 9.17) is 0 Å². The highest BCUT2D eigenvalue weighted by atomic mass is 32.2. The van der Waals surface area contributed by atoms with Gasteiger partial charge in [0.25, 0.3) is 5.91 Å². The van der Waals surface area contributed by atoms with Crippen LogP contribution in [0, 0.1) is 5.92 Å². The number of pyridine rings is 1. The van der Waals surface area contributed by atoms with E-state index in [0.717, 1.165) is 30.8 Å². The molecule has 3 rings (SSSR count). The Morgan fingerprint density at radius 2 is 2.17 bits per heavy atom. The molecule has 6 heteroatoms. The average molecular weight is 328 g/mol. The van der Waals surface area contributed by atoms with Crippen molar-refractivity contribution in [2.75, 3.05) is 25.1 Å². The van der Waals surface area contributed by atoms with Gasteiger partial charge in [0.1, 0.15) is 0 Å². The van der Waals surface area contributed by atoms with Crippen molar-refractivity contribution in [2.24, 2.45) is 5.92 Å². The third kappa shape index (κ3) is 3.88. The van der Waals surface area contributed by atoms with Crippen LogP contribution in [0.1, 0.15) is 23.2 Å². The third-order valence-corrected chi connectivity index (χ3v) is 4.83. The average Bonchev–Trinajstić information content (AvgIpc) is 2.62. The number of piperidine rings is 1. The van der Waals surface area contributed by atoms with E-state index in [0.29, 0.717) is 17.3 Å². The lowest BCUT2D eigenvalue weighted by Gasteiger charge is -2.32. The van der Waals surface area contributed by atoms with Crippen LogP contribution < -0.4 is 0 Å². The molecule has 0 saturated carbocycles. The second-order valence-electron chi connectivity index (χ2n) is 5.75. The Balaban J connectivity index is 1.70. The lowest BCUT2D eigenvalue weighted by molar-refractivity contribution is 0.0684. The molecule has 1 aliphatic heterocycles. The zero-order valence-electron chi connectivity index (χ0n) is 13.2. The SMILES string of the molecule is CSCC1CCCN(C(=O)c2cnc(-c3cccnc3)nc2)C1. The number of amides is 1. The summed E-state index contributed by atoms with van der Waals surface area (Å²) in [5, 5.41) is 0. The molecule has 2 aromatic rings. The minimum atomic E-state index is 0.0357. The zero-order valence-corrected chi connectivity index (χ0v) is 14.0. The lowest BCUT2D eigenvalue weighted by atomic mass is 9.99. The van der Waals surface area contributed by atoms with Crippen LogP contribution in [0.15, 0.2) is 36.9 Å². The summed E-state index contributed by atoms with van der Waals surface area (Å²) in [6.07, 6.45) is 11.1. The molecule has 23 heavy (non-hydrogen) atoms. The van der Waals surface area contributed by atoms with Crippen LogP contribution in [-0.2, 0) is 0 Å². The van der Waals surface area contributed by atoms with Gasteiger partial charge in [0.05, 0.1) is 5.56 Å². The first kappa shape index (κ1) is 15.9. The fourth-order valence-electron chi connectivity index (χ4n) is 2.89. The Labute approximate surface area is 140 Å². The topological polar surface area (TPSA) is 59.0 Å². The maximum Gasteiger partial charge on any atom is 0.257 e. The Morgan fingerprint density at radius 3 is 2.87 bits per heavy atom. The van der Waals surface area contributed by atoms with E-state index < -0.39 is 0 Å². The molecule has 0 N–H and O–H groups in total. The van der Waals surface area contributed by atoms with Crippen molar-refractivity contribution < 1.29 is 4.79 Å². The van der Waals surface area contributed by atoms with Gasteiger partial charge in [0.15, 0.2) is 5.82 Å². The Morgan fingerprint density at radius 1 is 1.35 bits per heavy atom. The van der Waals surface area contributed by atoms with Crippen LogP contribution >= 0.6 is 11.8 Å². The number of thioether (sulfide) groups is 1. The molecule has 0 bridgehead atoms. The van der Waals surface area contributed by atoms with Gasteiger partial charge < -0.3 is 4.90 Å². The number of hydrogen-bond acceptors (Lipinski definition) is 5. The number of rotatable bonds is 4. The van der Waals surface area contributed by atoms with Crippen molar-refractivity contribution in [2.45, 2.75) is 12.8 Å². The molecule has 0 radical (unpaired) electrons. The van der Waals surface area contributed by atoms with E-state index in [1.54, 1.807) is 24.8 Å². The molecule has 0 aromatic carbocycles. The van der Waals surface area contributed by atoms with Crippen molar-refractivity contribution in [3.8, 4) is 11.4 Å². The second kappa shape index (κ2) is 7.55. The van der Waals surface area contributed by atoms with Crippen LogP contribution in [0.25, 0.3) is 11.4 Å². The summed E-state index contributed by atoms with van der Waals surface area (Å²) in [5.41, 5.74) is 1.41. The number of carbonyl (C=O) groups is 1. The van der Waals surface area contributed by atoms with Crippen molar-refractivity contribution >= 4 is 17.7 Å². The van der Waals surface area contributed by atoms with Gasteiger partial charge in [-0.05, 0) is 42.9 Å². The Bertz CT molecular complexity index is 645. The highest BCUT2D eigenvalue weighted by molar-refractivity contribution is 7.98. The standard InChI is InChI=1S/C17H20N4OS/c1-23-12-13-4-3-7-21(11-13)17(22)15-9-19-16(20-10-15)14-5-2-6-18-8-14/h2,5-6,8-10,13H,3-4,7,11-12H2,1H3. The summed E-state index contributed by atoms with van der Waals surface area (Å²) in [6, 6.07) is 3.75. The van der Waals surface area contributed by atoms with Gasteiger partial charge in [-0.2, -0.15) is 11.8 Å². The second-order valence-corrected chi connectivity index (χ2v) is 6.66. The van der Waals surface area contributed by atoms with Crippen molar-refractivity contribution in [1.82, 2.24) is 19.9 Å². The van der Waals surface area contributed by atoms with Crippen molar-refractivity contribution in [3.05, 3.63) is 42.5 Å². The smallest absolute Gasteiger partial charge is 0.257 e. The summed E-state index contributed by atoms with van der Waals surface area (Å²) in [5.74, 6) is 2.33.